The van der Waals surface area contributed by atoms with Gasteiger partial charge in [0, 0.05) is 0 Å². The molecule has 0 saturated carbocycles. The summed E-state index contributed by atoms with van der Waals surface area (Å²) in [4.78, 5) is 21.9. The third kappa shape index (κ3) is 4.74. The summed E-state index contributed by atoms with van der Waals surface area (Å²) >= 11 is -2.36. The number of methoxy groups -OCH3 is 1. The van der Waals surface area contributed by atoms with Crippen LogP contribution in [0.15, 0.2) is 12.5 Å². The molecule has 7 heteroatoms. The molecule has 1 aliphatic heterocycles. The van der Waals surface area contributed by atoms with E-state index in [1.807, 2.05) is 0 Å². The summed E-state index contributed by atoms with van der Waals surface area (Å²) in [6, 6.07) is 0. The fourth-order valence-corrected chi connectivity index (χ4v) is 2.28. The first-order valence-corrected chi connectivity index (χ1v) is 6.58. The van der Waals surface area contributed by atoms with E-state index in [9.17, 15) is 9.59 Å². The van der Waals surface area contributed by atoms with Crippen LogP contribution in [0.25, 0.3) is 0 Å². The molecule has 0 N–H and O–H groups in total. The Balaban J connectivity index is 2.05. The molecule has 1 aliphatic rings. The Bertz CT molecular complexity index is 256. The first-order valence-electron chi connectivity index (χ1n) is 4.28. The van der Waals surface area contributed by atoms with Gasteiger partial charge in [0.25, 0.3) is 0 Å². The average molecular weight is 278 g/mol. The molecule has 15 heavy (non-hydrogen) atoms. The van der Waals surface area contributed by atoms with Gasteiger partial charge in [0.05, 0.1) is 0 Å². The molecule has 0 bridgehead atoms. The number of ether oxygens (including phenoxy) is 1. The molecule has 0 aromatic rings. The van der Waals surface area contributed by atoms with Crippen molar-refractivity contribution in [3.05, 3.63) is 12.5 Å². The normalized spacial score (nSPS) is 14.2. The Kier molecular flexibility index (Phi) is 5.04. The van der Waals surface area contributed by atoms with Gasteiger partial charge < -0.3 is 0 Å². The van der Waals surface area contributed by atoms with Crippen molar-refractivity contribution in [3.63, 3.8) is 0 Å². The molecular weight excluding hydrogens is 267 g/mol. The molecule has 0 fully saturated rings. The molecule has 0 amide bonds. The standard InChI is InChI=1S/C8H11AsO6/c1-12-7(10)3-2-4-8(11)15-9-13-5-6-14-9/h5-6H,2-4H2,1H3. The number of carbonyl (C=O) groups is 2. The van der Waals surface area contributed by atoms with Crippen LogP contribution < -0.4 is 0 Å². The van der Waals surface area contributed by atoms with E-state index in [0.29, 0.717) is 6.42 Å². The van der Waals surface area contributed by atoms with Crippen molar-refractivity contribution in [2.75, 3.05) is 7.11 Å². The molecule has 84 valence electrons. The van der Waals surface area contributed by atoms with Gasteiger partial charge in [-0.1, -0.05) is 0 Å². The second-order valence-electron chi connectivity index (χ2n) is 2.60. The van der Waals surface area contributed by atoms with Crippen LogP contribution in [0.2, 0.25) is 0 Å². The quantitative estimate of drug-likeness (QED) is 0.534. The number of hydrogen-bond acceptors (Lipinski definition) is 6. The summed E-state index contributed by atoms with van der Waals surface area (Å²) in [5, 5.41) is 0. The molecule has 0 aromatic carbocycles. The van der Waals surface area contributed by atoms with Crippen LogP contribution in [0.3, 0.4) is 0 Å². The van der Waals surface area contributed by atoms with Crippen LogP contribution >= 0.6 is 0 Å². The predicted octanol–water partition coefficient (Wildman–Crippen LogP) is 0.376. The molecule has 0 unspecified atom stereocenters. The van der Waals surface area contributed by atoms with E-state index >= 15 is 0 Å². The predicted molar refractivity (Wildman–Crippen MR) is 49.0 cm³/mol. The number of carbonyl (C=O) groups excluding carboxylic acids is 2. The van der Waals surface area contributed by atoms with Crippen molar-refractivity contribution in [1.82, 2.24) is 0 Å². The van der Waals surface area contributed by atoms with Gasteiger partial charge in [-0.2, -0.15) is 0 Å². The van der Waals surface area contributed by atoms with E-state index in [-0.39, 0.29) is 18.8 Å². The van der Waals surface area contributed by atoms with Gasteiger partial charge in [0.15, 0.2) is 0 Å². The van der Waals surface area contributed by atoms with Crippen LogP contribution in [0.4, 0.5) is 0 Å². The average Bonchev–Trinajstić information content (AvgIpc) is 2.70. The van der Waals surface area contributed by atoms with Crippen molar-refractivity contribution in [1.29, 1.82) is 0 Å². The molecule has 0 radical (unpaired) electrons. The molecule has 6 nitrogen and oxygen atoms in total. The molecule has 0 aliphatic carbocycles. The second kappa shape index (κ2) is 6.35. The zero-order valence-electron chi connectivity index (χ0n) is 8.17. The zero-order valence-corrected chi connectivity index (χ0v) is 10.0. The van der Waals surface area contributed by atoms with Gasteiger partial charge in [-0.05, 0) is 0 Å². The van der Waals surface area contributed by atoms with E-state index in [1.165, 1.54) is 19.6 Å². The van der Waals surface area contributed by atoms with Crippen molar-refractivity contribution >= 4 is 27.6 Å². The third-order valence-corrected chi connectivity index (χ3v) is 3.49. The van der Waals surface area contributed by atoms with Crippen LogP contribution in [0.1, 0.15) is 19.3 Å². The minimum absolute atomic E-state index is 0.160. The summed E-state index contributed by atoms with van der Waals surface area (Å²) in [6.07, 6.45) is 3.47. The van der Waals surface area contributed by atoms with E-state index in [1.54, 1.807) is 0 Å². The van der Waals surface area contributed by atoms with Gasteiger partial charge in [0.2, 0.25) is 0 Å². The van der Waals surface area contributed by atoms with Crippen molar-refractivity contribution in [2.45, 2.75) is 19.3 Å². The fraction of sp³-hybridized carbons (Fsp3) is 0.500. The molecule has 1 heterocycles. The van der Waals surface area contributed by atoms with Crippen LogP contribution in [-0.4, -0.2) is 34.7 Å². The number of hydrogen-bond donors (Lipinski definition) is 0. The summed E-state index contributed by atoms with van der Waals surface area (Å²) in [5.74, 6) is -0.752. The first kappa shape index (κ1) is 11.9. The van der Waals surface area contributed by atoms with Gasteiger partial charge in [-0.25, -0.2) is 0 Å². The third-order valence-electron chi connectivity index (χ3n) is 1.52. The molecule has 0 spiro atoms. The Morgan fingerprint density at radius 2 is 1.80 bits per heavy atom. The summed E-state index contributed by atoms with van der Waals surface area (Å²) in [7, 11) is 1.31. The van der Waals surface area contributed by atoms with Crippen LogP contribution in [-0.2, 0) is 25.5 Å². The Hall–Kier alpha value is -1.16. The van der Waals surface area contributed by atoms with E-state index in [0.717, 1.165) is 0 Å². The maximum atomic E-state index is 11.1. The van der Waals surface area contributed by atoms with E-state index in [4.69, 9.17) is 11.2 Å². The minimum atomic E-state index is -2.36. The Labute approximate surface area is 92.4 Å². The molecule has 0 atom stereocenters. The van der Waals surface area contributed by atoms with Gasteiger partial charge in [-0.15, -0.1) is 0 Å². The Morgan fingerprint density at radius 1 is 1.20 bits per heavy atom. The molecule has 0 saturated heterocycles. The summed E-state index contributed by atoms with van der Waals surface area (Å²) in [6.45, 7) is 0. The van der Waals surface area contributed by atoms with Gasteiger partial charge in [0.1, 0.15) is 0 Å². The van der Waals surface area contributed by atoms with Crippen molar-refractivity contribution in [2.24, 2.45) is 0 Å². The first-order chi connectivity index (χ1) is 7.22. The monoisotopic (exact) mass is 278 g/mol. The molecular formula is C8H11AsO6. The summed E-state index contributed by atoms with van der Waals surface area (Å²) < 4.78 is 19.1. The maximum absolute atomic E-state index is 11.1. The van der Waals surface area contributed by atoms with E-state index < -0.39 is 21.6 Å². The van der Waals surface area contributed by atoms with E-state index in [2.05, 4.69) is 4.74 Å². The van der Waals surface area contributed by atoms with Gasteiger partial charge in [-0.3, -0.25) is 0 Å². The number of rotatable bonds is 5. The van der Waals surface area contributed by atoms with Gasteiger partial charge >= 0.3 is 92.0 Å². The molecule has 1 rings (SSSR count). The van der Waals surface area contributed by atoms with Crippen molar-refractivity contribution in [3.8, 4) is 0 Å². The fourth-order valence-electron chi connectivity index (χ4n) is 0.825. The topological polar surface area (TPSA) is 71.1 Å². The molecule has 0 aromatic heterocycles. The summed E-state index contributed by atoms with van der Waals surface area (Å²) in [5.41, 5.74) is 0. The zero-order chi connectivity index (χ0) is 11.1. The second-order valence-corrected chi connectivity index (χ2v) is 4.81. The van der Waals surface area contributed by atoms with Crippen LogP contribution in [0, 0.1) is 0 Å². The SMILES string of the molecule is COC(=O)CCCC(=O)O[As]1OC=CO1. The van der Waals surface area contributed by atoms with Crippen molar-refractivity contribution < 1.29 is 25.5 Å². The number of esters is 1. The Morgan fingerprint density at radius 3 is 2.40 bits per heavy atom. The van der Waals surface area contributed by atoms with Crippen LogP contribution in [0.5, 0.6) is 0 Å².